The van der Waals surface area contributed by atoms with Gasteiger partial charge in [-0.05, 0) is 24.5 Å². The third kappa shape index (κ3) is 1.76. The van der Waals surface area contributed by atoms with Gasteiger partial charge >= 0.3 is 5.97 Å². The SMILES string of the molecule is CCCc1c(C)c(O)c(O)c(O)c1C(=O)O. The lowest BCUT2D eigenvalue weighted by Crippen LogP contribution is -2.05. The number of carboxylic acids is 1. The molecular formula is C11H14O5. The highest BCUT2D eigenvalue weighted by Gasteiger charge is 2.24. The van der Waals surface area contributed by atoms with Crippen LogP contribution < -0.4 is 0 Å². The van der Waals surface area contributed by atoms with Crippen molar-refractivity contribution < 1.29 is 25.2 Å². The molecule has 0 saturated carbocycles. The number of benzene rings is 1. The summed E-state index contributed by atoms with van der Waals surface area (Å²) in [5.74, 6) is -3.35. The predicted octanol–water partition coefficient (Wildman–Crippen LogP) is 1.76. The summed E-state index contributed by atoms with van der Waals surface area (Å²) in [5, 5.41) is 37.3. The highest BCUT2D eigenvalue weighted by atomic mass is 16.4. The van der Waals surface area contributed by atoms with Gasteiger partial charge in [0.2, 0.25) is 5.75 Å². The minimum atomic E-state index is -1.32. The molecule has 4 N–H and O–H groups in total. The minimum absolute atomic E-state index is 0.287. The fourth-order valence-electron chi connectivity index (χ4n) is 1.67. The lowest BCUT2D eigenvalue weighted by molar-refractivity contribution is 0.0691. The summed E-state index contributed by atoms with van der Waals surface area (Å²) in [7, 11) is 0. The second-order valence-corrected chi connectivity index (χ2v) is 3.58. The Kier molecular flexibility index (Phi) is 3.27. The molecule has 0 amide bonds. The van der Waals surface area contributed by atoms with Crippen molar-refractivity contribution in [1.82, 2.24) is 0 Å². The zero-order chi connectivity index (χ0) is 12.5. The average molecular weight is 226 g/mol. The quantitative estimate of drug-likeness (QED) is 0.589. The number of phenolic OH excluding ortho intramolecular Hbond substituents is 2. The second-order valence-electron chi connectivity index (χ2n) is 3.58. The molecular weight excluding hydrogens is 212 g/mol. The monoisotopic (exact) mass is 226 g/mol. The van der Waals surface area contributed by atoms with Crippen molar-refractivity contribution in [3.8, 4) is 17.2 Å². The Bertz CT molecular complexity index is 437. The Labute approximate surface area is 92.6 Å². The number of rotatable bonds is 3. The molecule has 5 nitrogen and oxygen atoms in total. The van der Waals surface area contributed by atoms with Crippen LogP contribution >= 0.6 is 0 Å². The number of carbonyl (C=O) groups is 1. The standard InChI is InChI=1S/C11H14O5/c1-3-4-6-5(2)8(12)10(14)9(13)7(6)11(15)16/h12-14H,3-4H2,1-2H3,(H,15,16). The molecule has 0 radical (unpaired) electrons. The van der Waals surface area contributed by atoms with Crippen LogP contribution in [0.1, 0.15) is 34.8 Å². The molecule has 0 saturated heterocycles. The first-order valence-electron chi connectivity index (χ1n) is 4.91. The Morgan fingerprint density at radius 3 is 2.12 bits per heavy atom. The van der Waals surface area contributed by atoms with Gasteiger partial charge < -0.3 is 20.4 Å². The summed E-state index contributed by atoms with van der Waals surface area (Å²) in [6, 6.07) is 0. The van der Waals surface area contributed by atoms with Crippen LogP contribution in [0.4, 0.5) is 0 Å². The fraction of sp³-hybridized carbons (Fsp3) is 0.364. The number of aromatic carboxylic acids is 1. The van der Waals surface area contributed by atoms with E-state index >= 15 is 0 Å². The van der Waals surface area contributed by atoms with E-state index in [1.54, 1.807) is 0 Å². The van der Waals surface area contributed by atoms with Gasteiger partial charge in [-0.2, -0.15) is 0 Å². The molecule has 0 atom stereocenters. The molecule has 1 aromatic carbocycles. The molecule has 0 heterocycles. The number of hydrogen-bond donors (Lipinski definition) is 4. The van der Waals surface area contributed by atoms with Crippen molar-refractivity contribution >= 4 is 5.97 Å². The van der Waals surface area contributed by atoms with E-state index in [4.69, 9.17) is 5.11 Å². The van der Waals surface area contributed by atoms with Crippen LogP contribution in [0.15, 0.2) is 0 Å². The topological polar surface area (TPSA) is 98.0 Å². The molecule has 88 valence electrons. The molecule has 0 aliphatic heterocycles. The van der Waals surface area contributed by atoms with Crippen LogP contribution in [0.25, 0.3) is 0 Å². The number of carboxylic acid groups (broad SMARTS) is 1. The summed E-state index contributed by atoms with van der Waals surface area (Å²) in [5.41, 5.74) is 0.298. The van der Waals surface area contributed by atoms with Crippen molar-refractivity contribution in [3.05, 3.63) is 16.7 Å². The highest BCUT2D eigenvalue weighted by molar-refractivity contribution is 5.95. The predicted molar refractivity (Wildman–Crippen MR) is 57.1 cm³/mol. The third-order valence-corrected chi connectivity index (χ3v) is 2.51. The van der Waals surface area contributed by atoms with Crippen molar-refractivity contribution in [1.29, 1.82) is 0 Å². The van der Waals surface area contributed by atoms with E-state index in [0.29, 0.717) is 18.4 Å². The summed E-state index contributed by atoms with van der Waals surface area (Å²) >= 11 is 0. The first kappa shape index (κ1) is 12.2. The Morgan fingerprint density at radius 2 is 1.69 bits per heavy atom. The first-order valence-corrected chi connectivity index (χ1v) is 4.91. The third-order valence-electron chi connectivity index (χ3n) is 2.51. The molecule has 0 unspecified atom stereocenters. The molecule has 0 aliphatic carbocycles. The highest BCUT2D eigenvalue weighted by Crippen LogP contribution is 2.43. The van der Waals surface area contributed by atoms with Gasteiger partial charge in [0.1, 0.15) is 5.56 Å². The summed E-state index contributed by atoms with van der Waals surface area (Å²) < 4.78 is 0. The van der Waals surface area contributed by atoms with Gasteiger partial charge in [-0.15, -0.1) is 0 Å². The molecule has 0 aromatic heterocycles. The van der Waals surface area contributed by atoms with Gasteiger partial charge in [-0.3, -0.25) is 0 Å². The maximum atomic E-state index is 11.0. The van der Waals surface area contributed by atoms with Crippen molar-refractivity contribution in [2.45, 2.75) is 26.7 Å². The van der Waals surface area contributed by atoms with E-state index < -0.39 is 23.2 Å². The fourth-order valence-corrected chi connectivity index (χ4v) is 1.67. The van der Waals surface area contributed by atoms with E-state index in [0.717, 1.165) is 0 Å². The van der Waals surface area contributed by atoms with E-state index in [1.165, 1.54) is 6.92 Å². The molecule has 0 aliphatic rings. The Hall–Kier alpha value is -1.91. The maximum Gasteiger partial charge on any atom is 0.339 e. The van der Waals surface area contributed by atoms with Crippen LogP contribution in [0.3, 0.4) is 0 Å². The van der Waals surface area contributed by atoms with E-state index in [9.17, 15) is 20.1 Å². The molecule has 1 aromatic rings. The van der Waals surface area contributed by atoms with Crippen molar-refractivity contribution in [2.75, 3.05) is 0 Å². The van der Waals surface area contributed by atoms with Gasteiger partial charge in [0.25, 0.3) is 0 Å². The molecule has 0 spiro atoms. The van der Waals surface area contributed by atoms with Crippen LogP contribution in [0.2, 0.25) is 0 Å². The van der Waals surface area contributed by atoms with Gasteiger partial charge in [0, 0.05) is 0 Å². The molecule has 5 heteroatoms. The van der Waals surface area contributed by atoms with E-state index in [1.807, 2.05) is 6.92 Å². The number of hydrogen-bond acceptors (Lipinski definition) is 4. The number of aromatic hydroxyl groups is 3. The Balaban J connectivity index is 3.61. The summed E-state index contributed by atoms with van der Waals surface area (Å²) in [6.07, 6.45) is 1.08. The smallest absolute Gasteiger partial charge is 0.339 e. The van der Waals surface area contributed by atoms with Gasteiger partial charge in [-0.25, -0.2) is 4.79 Å². The molecule has 16 heavy (non-hydrogen) atoms. The normalized spacial score (nSPS) is 10.4. The van der Waals surface area contributed by atoms with Crippen LogP contribution in [-0.2, 0) is 6.42 Å². The lowest BCUT2D eigenvalue weighted by atomic mass is 9.95. The van der Waals surface area contributed by atoms with Gasteiger partial charge in [-0.1, -0.05) is 13.3 Å². The van der Waals surface area contributed by atoms with Crippen molar-refractivity contribution in [2.24, 2.45) is 0 Å². The zero-order valence-electron chi connectivity index (χ0n) is 9.11. The van der Waals surface area contributed by atoms with E-state index in [2.05, 4.69) is 0 Å². The van der Waals surface area contributed by atoms with E-state index in [-0.39, 0.29) is 11.1 Å². The first-order chi connectivity index (χ1) is 7.41. The van der Waals surface area contributed by atoms with Crippen LogP contribution in [-0.4, -0.2) is 26.4 Å². The van der Waals surface area contributed by atoms with Gasteiger partial charge in [0.15, 0.2) is 11.5 Å². The minimum Gasteiger partial charge on any atom is -0.504 e. The Morgan fingerprint density at radius 1 is 1.12 bits per heavy atom. The molecule has 1 rings (SSSR count). The maximum absolute atomic E-state index is 11.0. The second kappa shape index (κ2) is 4.30. The van der Waals surface area contributed by atoms with Crippen LogP contribution in [0, 0.1) is 6.92 Å². The van der Waals surface area contributed by atoms with Crippen molar-refractivity contribution in [3.63, 3.8) is 0 Å². The average Bonchev–Trinajstić information content (AvgIpc) is 2.23. The number of phenols is 3. The zero-order valence-corrected chi connectivity index (χ0v) is 9.11. The van der Waals surface area contributed by atoms with Gasteiger partial charge in [0.05, 0.1) is 0 Å². The summed E-state index contributed by atoms with van der Waals surface area (Å²) in [4.78, 5) is 11.0. The largest absolute Gasteiger partial charge is 0.504 e. The molecule has 0 fully saturated rings. The molecule has 0 bridgehead atoms. The lowest BCUT2D eigenvalue weighted by Gasteiger charge is -2.14. The van der Waals surface area contributed by atoms with Crippen LogP contribution in [0.5, 0.6) is 17.2 Å². The summed E-state index contributed by atoms with van der Waals surface area (Å²) in [6.45, 7) is 3.36.